The maximum absolute atomic E-state index is 6.30. The van der Waals surface area contributed by atoms with Crippen LogP contribution >= 0.6 is 0 Å². The van der Waals surface area contributed by atoms with Crippen LogP contribution in [0.5, 0.6) is 0 Å². The van der Waals surface area contributed by atoms with E-state index in [0.29, 0.717) is 0 Å². The van der Waals surface area contributed by atoms with Gasteiger partial charge in [0.2, 0.25) is 0 Å². The summed E-state index contributed by atoms with van der Waals surface area (Å²) in [5.74, 6) is 0.846. The number of hydrogen-bond donors (Lipinski definition) is 0. The first kappa shape index (κ1) is 33.3. The Morgan fingerprint density at radius 1 is 0.729 bits per heavy atom. The molecule has 0 saturated heterocycles. The van der Waals surface area contributed by atoms with Crippen LogP contribution in [0.2, 0.25) is 19.6 Å². The largest absolute Gasteiger partial charge is 0.501 e. The molecule has 0 atom stereocenters. The molecular weight excluding hydrogens is 783 g/mol. The van der Waals surface area contributed by atoms with Crippen molar-refractivity contribution in [3.8, 4) is 28.3 Å². The summed E-state index contributed by atoms with van der Waals surface area (Å²) >= 11 is 0. The molecule has 0 N–H and O–H groups in total. The number of furan rings is 1. The average molecular weight is 820 g/mol. The van der Waals surface area contributed by atoms with Crippen LogP contribution < -0.4 is 5.19 Å². The van der Waals surface area contributed by atoms with E-state index in [9.17, 15) is 0 Å². The zero-order valence-corrected chi connectivity index (χ0v) is 31.4. The Bertz CT molecular complexity index is 2340. The number of imidazole rings is 1. The molecule has 0 aliphatic heterocycles. The molecular formula is C42H37IrN3OSi-2. The van der Waals surface area contributed by atoms with Gasteiger partial charge in [-0.2, -0.15) is 0 Å². The molecule has 0 saturated carbocycles. The second kappa shape index (κ2) is 13.5. The minimum Gasteiger partial charge on any atom is -0.501 e. The van der Waals surface area contributed by atoms with Gasteiger partial charge in [-0.05, 0) is 54.1 Å². The van der Waals surface area contributed by atoms with Crippen LogP contribution in [-0.4, -0.2) is 22.6 Å². The fourth-order valence-electron chi connectivity index (χ4n) is 6.09. The summed E-state index contributed by atoms with van der Waals surface area (Å²) < 4.78 is 8.55. The Hall–Kier alpha value is -4.61. The molecule has 8 aromatic rings. The van der Waals surface area contributed by atoms with Gasteiger partial charge in [-0.1, -0.05) is 98.2 Å². The summed E-state index contributed by atoms with van der Waals surface area (Å²) in [6.45, 7) is 13.4. The van der Waals surface area contributed by atoms with Gasteiger partial charge >= 0.3 is 0 Å². The van der Waals surface area contributed by atoms with E-state index in [1.807, 2.05) is 42.6 Å². The maximum Gasteiger partial charge on any atom is 0.120 e. The van der Waals surface area contributed by atoms with Crippen molar-refractivity contribution < 1.29 is 24.5 Å². The summed E-state index contributed by atoms with van der Waals surface area (Å²) in [6, 6.07) is 44.0. The van der Waals surface area contributed by atoms with E-state index < -0.39 is 8.07 Å². The summed E-state index contributed by atoms with van der Waals surface area (Å²) in [5.41, 5.74) is 11.5. The third-order valence-corrected chi connectivity index (χ3v) is 10.7. The fraction of sp³-hybridized carbons (Fsp3) is 0.143. The number of pyridine rings is 1. The molecule has 0 bridgehead atoms. The van der Waals surface area contributed by atoms with Gasteiger partial charge in [0.05, 0.1) is 30.5 Å². The summed E-state index contributed by atoms with van der Waals surface area (Å²) in [7, 11) is -1.24. The van der Waals surface area contributed by atoms with E-state index in [1.165, 1.54) is 21.9 Å². The number of aryl methyl sites for hydroxylation is 3. The van der Waals surface area contributed by atoms with Crippen molar-refractivity contribution in [3.05, 3.63) is 144 Å². The van der Waals surface area contributed by atoms with Gasteiger partial charge in [-0.25, -0.2) is 0 Å². The van der Waals surface area contributed by atoms with Crippen molar-refractivity contribution in [2.45, 2.75) is 40.4 Å². The predicted octanol–water partition coefficient (Wildman–Crippen LogP) is 10.4. The van der Waals surface area contributed by atoms with Crippen LogP contribution in [0.3, 0.4) is 0 Å². The molecule has 0 fully saturated rings. The minimum atomic E-state index is -1.24. The normalized spacial score (nSPS) is 11.4. The first-order valence-corrected chi connectivity index (χ1v) is 19.5. The fourth-order valence-corrected chi connectivity index (χ4v) is 7.13. The first-order chi connectivity index (χ1) is 22.7. The van der Waals surface area contributed by atoms with E-state index in [2.05, 4.69) is 135 Å². The van der Waals surface area contributed by atoms with Gasteiger partial charge in [-0.3, -0.25) is 4.98 Å². The van der Waals surface area contributed by atoms with Crippen molar-refractivity contribution >= 4 is 46.2 Å². The van der Waals surface area contributed by atoms with Gasteiger partial charge in [-0.15, -0.1) is 53.6 Å². The maximum atomic E-state index is 6.30. The summed E-state index contributed by atoms with van der Waals surface area (Å²) in [6.07, 6.45) is 2.02. The molecule has 241 valence electrons. The summed E-state index contributed by atoms with van der Waals surface area (Å²) in [4.78, 5) is 9.58. The van der Waals surface area contributed by atoms with Crippen LogP contribution in [0.15, 0.2) is 120 Å². The molecule has 0 aliphatic rings. The molecule has 1 radical (unpaired) electrons. The van der Waals surface area contributed by atoms with Crippen molar-refractivity contribution in [3.63, 3.8) is 0 Å². The molecule has 8 rings (SSSR count). The topological polar surface area (TPSA) is 43.9 Å². The average Bonchev–Trinajstić information content (AvgIpc) is 3.64. The molecule has 0 amide bonds. The Balaban J connectivity index is 0.000000191. The van der Waals surface area contributed by atoms with Gasteiger partial charge in [0.1, 0.15) is 5.58 Å². The van der Waals surface area contributed by atoms with Crippen LogP contribution in [0.25, 0.3) is 61.3 Å². The number of aromatic nitrogens is 3. The molecule has 48 heavy (non-hydrogen) atoms. The Morgan fingerprint density at radius 2 is 1.48 bits per heavy atom. The van der Waals surface area contributed by atoms with Crippen LogP contribution in [-0.2, 0) is 20.1 Å². The molecule has 3 heterocycles. The SMILES string of the molecule is Cc1c[c-]c(-c2ccc([Si](C)(C)C)cn2)cc1.Cc1cccc(C)c1-n1c(-c2[c-]ccc3c2oc2ccccc23)nc2ccccc21.[Ir]. The van der Waals surface area contributed by atoms with Crippen LogP contribution in [0.4, 0.5) is 0 Å². The zero-order valence-electron chi connectivity index (χ0n) is 28.1. The van der Waals surface area contributed by atoms with E-state index in [4.69, 9.17) is 9.40 Å². The van der Waals surface area contributed by atoms with Crippen molar-refractivity contribution in [2.24, 2.45) is 0 Å². The van der Waals surface area contributed by atoms with E-state index in [1.54, 1.807) is 0 Å². The quantitative estimate of drug-likeness (QED) is 0.131. The van der Waals surface area contributed by atoms with E-state index in [0.717, 1.165) is 61.3 Å². The Labute approximate surface area is 296 Å². The monoisotopic (exact) mass is 820 g/mol. The molecule has 4 nitrogen and oxygen atoms in total. The van der Waals surface area contributed by atoms with Gasteiger partial charge in [0.15, 0.2) is 0 Å². The Kier molecular flexibility index (Phi) is 9.35. The van der Waals surface area contributed by atoms with Crippen LogP contribution in [0, 0.1) is 32.9 Å². The van der Waals surface area contributed by atoms with Gasteiger partial charge in [0.25, 0.3) is 0 Å². The third kappa shape index (κ3) is 6.32. The van der Waals surface area contributed by atoms with Crippen LogP contribution in [0.1, 0.15) is 16.7 Å². The number of para-hydroxylation sites is 4. The summed E-state index contributed by atoms with van der Waals surface area (Å²) in [5, 5.41) is 3.59. The first-order valence-electron chi connectivity index (χ1n) is 16.0. The van der Waals surface area contributed by atoms with Crippen molar-refractivity contribution in [1.29, 1.82) is 0 Å². The molecule has 6 heteroatoms. The second-order valence-corrected chi connectivity index (χ2v) is 18.2. The molecule has 5 aromatic carbocycles. The second-order valence-electron chi connectivity index (χ2n) is 13.2. The molecule has 0 unspecified atom stereocenters. The van der Waals surface area contributed by atoms with Gasteiger partial charge in [0, 0.05) is 37.4 Å². The Morgan fingerprint density at radius 3 is 2.19 bits per heavy atom. The van der Waals surface area contributed by atoms with Gasteiger partial charge < -0.3 is 14.0 Å². The molecule has 3 aromatic heterocycles. The number of fused-ring (bicyclic) bond motifs is 4. The van der Waals surface area contributed by atoms with Crippen molar-refractivity contribution in [1.82, 2.24) is 14.5 Å². The number of hydrogen-bond acceptors (Lipinski definition) is 3. The zero-order chi connectivity index (χ0) is 32.7. The van der Waals surface area contributed by atoms with E-state index in [-0.39, 0.29) is 20.1 Å². The standard InChI is InChI=1S/C27H19N2O.C15H18NSi.Ir/c1-17-9-7-10-18(2)25(17)29-23-15-5-4-14-22(23)28-27(29)21-13-8-12-20-19-11-3-6-16-24(19)30-26(20)21;1-12-5-7-13(8-6-12)15-10-9-14(11-16-15)17(2,3)4;/h3-12,14-16H,1-2H3;5-7,9-11H,1-4H3;/q2*-1;. The minimum absolute atomic E-state index is 0. The number of nitrogens with zero attached hydrogens (tertiary/aromatic N) is 3. The number of benzene rings is 5. The molecule has 0 aliphatic carbocycles. The third-order valence-electron chi connectivity index (χ3n) is 8.66. The van der Waals surface area contributed by atoms with Crippen molar-refractivity contribution in [2.75, 3.05) is 0 Å². The molecule has 0 spiro atoms. The van der Waals surface area contributed by atoms with E-state index >= 15 is 0 Å². The smallest absolute Gasteiger partial charge is 0.120 e. The number of rotatable bonds is 4. The predicted molar refractivity (Wildman–Crippen MR) is 198 cm³/mol.